The molecule has 3 aliphatic carbocycles. The molecule has 0 amide bonds. The maximum absolute atomic E-state index is 13.4. The minimum absolute atomic E-state index is 0.173. The van der Waals surface area contributed by atoms with Gasteiger partial charge in [-0.25, -0.2) is 9.07 Å². The van der Waals surface area contributed by atoms with Gasteiger partial charge in [0, 0.05) is 17.4 Å². The number of allylic oxidation sites excluding steroid dienone is 3. The Labute approximate surface area is 192 Å². The van der Waals surface area contributed by atoms with Crippen molar-refractivity contribution in [1.29, 1.82) is 0 Å². The van der Waals surface area contributed by atoms with Gasteiger partial charge in [-0.05, 0) is 61.6 Å². The van der Waals surface area contributed by atoms with Gasteiger partial charge in [0.25, 0.3) is 0 Å². The number of methoxy groups -OCH3 is 1. The van der Waals surface area contributed by atoms with Crippen LogP contribution in [0.2, 0.25) is 0 Å². The average Bonchev–Trinajstić information content (AvgIpc) is 3.09. The van der Waals surface area contributed by atoms with Gasteiger partial charge in [-0.2, -0.15) is 5.10 Å². The summed E-state index contributed by atoms with van der Waals surface area (Å²) >= 11 is 0. The van der Waals surface area contributed by atoms with Crippen LogP contribution < -0.4 is 0 Å². The van der Waals surface area contributed by atoms with Gasteiger partial charge in [0.05, 0.1) is 30.6 Å². The highest BCUT2D eigenvalue weighted by atomic mass is 19.1. The number of hydrogen-bond donors (Lipinski definition) is 0. The van der Waals surface area contributed by atoms with Crippen LogP contribution in [-0.2, 0) is 20.7 Å². The van der Waals surface area contributed by atoms with Crippen LogP contribution in [0.4, 0.5) is 4.39 Å². The summed E-state index contributed by atoms with van der Waals surface area (Å²) < 4.78 is 26.9. The summed E-state index contributed by atoms with van der Waals surface area (Å²) in [6, 6.07) is 6.43. The zero-order valence-electron chi connectivity index (χ0n) is 18.9. The van der Waals surface area contributed by atoms with E-state index in [1.165, 1.54) is 24.8 Å². The molecule has 2 aromatic rings. The minimum atomic E-state index is -0.288. The van der Waals surface area contributed by atoms with E-state index >= 15 is 0 Å². The third-order valence-corrected chi connectivity index (χ3v) is 8.21. The molecule has 1 spiro atoms. The number of aromatic nitrogens is 2. The fourth-order valence-corrected chi connectivity index (χ4v) is 6.20. The fourth-order valence-electron chi connectivity index (χ4n) is 6.20. The molecule has 6 heteroatoms. The standard InChI is InChI=1S/C27H27FN2O3/c1-25(11-4-3-5-22(25)24(31)32-2)13-14-26-12-10-19-15-23-18(16-27(19,26)33-26)17-29-30(23)21-8-6-20(28)7-9-21/h3-9,11,15,17,22H,10,12-14,16H2,1-2H3/t22?,25?,26-,27?/m1/s1. The van der Waals surface area contributed by atoms with Crippen molar-refractivity contribution in [2.75, 3.05) is 7.11 Å². The first-order chi connectivity index (χ1) is 15.9. The van der Waals surface area contributed by atoms with Crippen molar-refractivity contribution in [3.8, 4) is 5.69 Å². The fraction of sp³-hybridized carbons (Fsp3) is 0.407. The van der Waals surface area contributed by atoms with Crippen molar-refractivity contribution in [3.05, 3.63) is 77.4 Å². The predicted molar refractivity (Wildman–Crippen MR) is 122 cm³/mol. The summed E-state index contributed by atoms with van der Waals surface area (Å²) in [5.41, 5.74) is 3.69. The SMILES string of the molecule is COC(=O)C1C=CC=CC1(C)CC[C@]12CCC3=Cc4c(cnn4-c4ccc(F)cc4)CC31O2. The molecular formula is C27H27FN2O3. The highest BCUT2D eigenvalue weighted by Crippen LogP contribution is 2.68. The van der Waals surface area contributed by atoms with Gasteiger partial charge in [-0.15, -0.1) is 0 Å². The van der Waals surface area contributed by atoms with Gasteiger partial charge in [0.1, 0.15) is 17.0 Å². The molecule has 1 aromatic carbocycles. The quantitative estimate of drug-likeness (QED) is 0.482. The lowest BCUT2D eigenvalue weighted by Gasteiger charge is -2.34. The van der Waals surface area contributed by atoms with E-state index in [1.54, 1.807) is 12.1 Å². The third-order valence-electron chi connectivity index (χ3n) is 8.21. The van der Waals surface area contributed by atoms with E-state index in [1.807, 2.05) is 29.1 Å². The number of nitrogens with zero attached hydrogens (tertiary/aromatic N) is 2. The topological polar surface area (TPSA) is 56.6 Å². The Morgan fingerprint density at radius 1 is 1.27 bits per heavy atom. The number of epoxide rings is 1. The summed E-state index contributed by atoms with van der Waals surface area (Å²) in [6.45, 7) is 2.14. The number of carbonyl (C=O) groups is 1. The third kappa shape index (κ3) is 2.93. The van der Waals surface area contributed by atoms with E-state index < -0.39 is 0 Å². The number of halogens is 1. The van der Waals surface area contributed by atoms with E-state index in [0.29, 0.717) is 0 Å². The molecule has 5 nitrogen and oxygen atoms in total. The molecule has 33 heavy (non-hydrogen) atoms. The lowest BCUT2D eigenvalue weighted by atomic mass is 9.69. The van der Waals surface area contributed by atoms with Crippen LogP contribution >= 0.6 is 0 Å². The largest absolute Gasteiger partial charge is 0.469 e. The first kappa shape index (κ1) is 20.6. The summed E-state index contributed by atoms with van der Waals surface area (Å²) in [4.78, 5) is 12.4. The zero-order chi connectivity index (χ0) is 22.8. The van der Waals surface area contributed by atoms with Crippen molar-refractivity contribution in [2.45, 2.75) is 50.2 Å². The Balaban J connectivity index is 1.24. The van der Waals surface area contributed by atoms with Crippen molar-refractivity contribution in [3.63, 3.8) is 0 Å². The molecule has 4 atom stereocenters. The van der Waals surface area contributed by atoms with Crippen LogP contribution in [0.15, 0.2) is 60.3 Å². The molecular weight excluding hydrogens is 419 g/mol. The first-order valence-corrected chi connectivity index (χ1v) is 11.6. The van der Waals surface area contributed by atoms with E-state index in [2.05, 4.69) is 24.2 Å². The van der Waals surface area contributed by atoms with Crippen LogP contribution in [0.3, 0.4) is 0 Å². The number of fused-ring (bicyclic) bond motifs is 1. The molecule has 6 rings (SSSR count). The molecule has 1 saturated heterocycles. The Kier molecular flexibility index (Phi) is 4.37. The highest BCUT2D eigenvalue weighted by Gasteiger charge is 2.74. The molecule has 3 unspecified atom stereocenters. The van der Waals surface area contributed by atoms with Crippen molar-refractivity contribution >= 4 is 12.0 Å². The molecule has 4 aliphatic rings. The molecule has 1 aliphatic heterocycles. The Morgan fingerprint density at radius 3 is 2.88 bits per heavy atom. The Bertz CT molecular complexity index is 1230. The van der Waals surface area contributed by atoms with E-state index in [9.17, 15) is 9.18 Å². The molecule has 2 heterocycles. The number of rotatable bonds is 5. The molecule has 0 radical (unpaired) electrons. The summed E-state index contributed by atoms with van der Waals surface area (Å²) in [6.07, 6.45) is 16.7. The number of hydrogen-bond acceptors (Lipinski definition) is 4. The Hall–Kier alpha value is -2.99. The number of ether oxygens (including phenoxy) is 2. The van der Waals surface area contributed by atoms with Gasteiger partial charge in [-0.1, -0.05) is 31.2 Å². The van der Waals surface area contributed by atoms with Gasteiger partial charge in [0.2, 0.25) is 0 Å². The van der Waals surface area contributed by atoms with Gasteiger partial charge in [-0.3, -0.25) is 4.79 Å². The minimum Gasteiger partial charge on any atom is -0.469 e. The molecule has 1 saturated carbocycles. The second-order valence-electron chi connectivity index (χ2n) is 9.96. The van der Waals surface area contributed by atoms with Gasteiger partial charge < -0.3 is 9.47 Å². The average molecular weight is 447 g/mol. The van der Waals surface area contributed by atoms with Crippen molar-refractivity contribution < 1.29 is 18.7 Å². The lowest BCUT2D eigenvalue weighted by Crippen LogP contribution is -2.35. The summed E-state index contributed by atoms with van der Waals surface area (Å²) in [5.74, 6) is -0.720. The highest BCUT2D eigenvalue weighted by molar-refractivity contribution is 5.76. The molecule has 0 bridgehead atoms. The van der Waals surface area contributed by atoms with Gasteiger partial charge >= 0.3 is 5.97 Å². The van der Waals surface area contributed by atoms with Crippen LogP contribution in [0.1, 0.15) is 43.9 Å². The molecule has 0 N–H and O–H groups in total. The first-order valence-electron chi connectivity index (χ1n) is 11.6. The number of benzene rings is 1. The molecule has 170 valence electrons. The van der Waals surface area contributed by atoms with Crippen molar-refractivity contribution in [1.82, 2.24) is 9.78 Å². The van der Waals surface area contributed by atoms with Crippen LogP contribution in [0, 0.1) is 17.2 Å². The van der Waals surface area contributed by atoms with Crippen LogP contribution in [-0.4, -0.2) is 34.1 Å². The van der Waals surface area contributed by atoms with Crippen LogP contribution in [0.5, 0.6) is 0 Å². The normalized spacial score (nSPS) is 33.2. The Morgan fingerprint density at radius 2 is 2.09 bits per heavy atom. The van der Waals surface area contributed by atoms with Crippen molar-refractivity contribution in [2.24, 2.45) is 11.3 Å². The van der Waals surface area contributed by atoms with E-state index in [0.717, 1.165) is 49.0 Å². The van der Waals surface area contributed by atoms with Crippen LogP contribution in [0.25, 0.3) is 11.8 Å². The summed E-state index contributed by atoms with van der Waals surface area (Å²) in [7, 11) is 1.45. The van der Waals surface area contributed by atoms with E-state index in [4.69, 9.17) is 9.47 Å². The molecule has 1 aromatic heterocycles. The van der Waals surface area contributed by atoms with Gasteiger partial charge in [0.15, 0.2) is 0 Å². The number of esters is 1. The maximum atomic E-state index is 13.4. The summed E-state index contributed by atoms with van der Waals surface area (Å²) in [5, 5.41) is 4.59. The van der Waals surface area contributed by atoms with E-state index in [-0.39, 0.29) is 34.3 Å². The second kappa shape index (κ2) is 7.00. The molecule has 2 fully saturated rings. The monoisotopic (exact) mass is 446 g/mol. The predicted octanol–water partition coefficient (Wildman–Crippen LogP) is 4.95. The zero-order valence-corrected chi connectivity index (χ0v) is 18.9. The lowest BCUT2D eigenvalue weighted by molar-refractivity contribution is -0.146. The number of carbonyl (C=O) groups excluding carboxylic acids is 1. The smallest absolute Gasteiger partial charge is 0.313 e. The second-order valence-corrected chi connectivity index (χ2v) is 9.96. The maximum Gasteiger partial charge on any atom is 0.313 e.